The number of halogens is 2. The highest BCUT2D eigenvalue weighted by molar-refractivity contribution is 5.19. The molecule has 0 N–H and O–H groups in total. The molecule has 0 bridgehead atoms. The van der Waals surface area contributed by atoms with E-state index in [1.54, 1.807) is 0 Å². The first-order valence-corrected chi connectivity index (χ1v) is 4.68. The molecule has 0 heterocycles. The van der Waals surface area contributed by atoms with Crippen molar-refractivity contribution in [3.8, 4) is 0 Å². The van der Waals surface area contributed by atoms with Crippen LogP contribution in [0.5, 0.6) is 0 Å². The average Bonchev–Trinajstić information content (AvgIpc) is 2.10. The summed E-state index contributed by atoms with van der Waals surface area (Å²) in [6.45, 7) is 2.07. The fraction of sp³-hybridized carbons (Fsp3) is 0.455. The van der Waals surface area contributed by atoms with E-state index in [2.05, 4.69) is 6.92 Å². The van der Waals surface area contributed by atoms with Crippen molar-refractivity contribution in [1.82, 2.24) is 0 Å². The normalized spacial score (nSPS) is 10.4. The molecule has 13 heavy (non-hydrogen) atoms. The Kier molecular flexibility index (Phi) is 3.87. The third-order valence-electron chi connectivity index (χ3n) is 2.09. The molecule has 1 aromatic carbocycles. The van der Waals surface area contributed by atoms with E-state index < -0.39 is 11.6 Å². The number of rotatable bonds is 4. The molecule has 0 aliphatic rings. The highest BCUT2D eigenvalue weighted by atomic mass is 19.1. The summed E-state index contributed by atoms with van der Waals surface area (Å²) in [5, 5.41) is 0. The highest BCUT2D eigenvalue weighted by Crippen LogP contribution is 2.15. The third kappa shape index (κ3) is 2.79. The van der Waals surface area contributed by atoms with Gasteiger partial charge in [-0.05, 0) is 25.0 Å². The molecule has 0 aliphatic carbocycles. The summed E-state index contributed by atoms with van der Waals surface area (Å²) in [5.74, 6) is -0.841. The Morgan fingerprint density at radius 3 is 2.23 bits per heavy atom. The van der Waals surface area contributed by atoms with Crippen LogP contribution in [-0.2, 0) is 6.42 Å². The van der Waals surface area contributed by atoms with E-state index in [0.29, 0.717) is 6.42 Å². The van der Waals surface area contributed by atoms with E-state index in [4.69, 9.17) is 0 Å². The molecule has 0 saturated carbocycles. The number of benzene rings is 1. The second-order valence-electron chi connectivity index (χ2n) is 3.16. The van der Waals surface area contributed by atoms with E-state index in [1.807, 2.05) is 0 Å². The van der Waals surface area contributed by atoms with Crippen LogP contribution in [0.1, 0.15) is 31.7 Å². The molecule has 1 rings (SSSR count). The topological polar surface area (TPSA) is 0 Å². The van der Waals surface area contributed by atoms with Crippen LogP contribution in [0.15, 0.2) is 18.2 Å². The number of hydrogen-bond acceptors (Lipinski definition) is 0. The van der Waals surface area contributed by atoms with E-state index in [9.17, 15) is 8.78 Å². The summed E-state index contributed by atoms with van der Waals surface area (Å²) in [7, 11) is 0. The van der Waals surface area contributed by atoms with Gasteiger partial charge in [-0.25, -0.2) is 8.78 Å². The Morgan fingerprint density at radius 2 is 1.69 bits per heavy atom. The van der Waals surface area contributed by atoms with E-state index >= 15 is 0 Å². The van der Waals surface area contributed by atoms with Crippen molar-refractivity contribution in [2.45, 2.75) is 32.6 Å². The Balaban J connectivity index is 2.64. The smallest absolute Gasteiger partial charge is 0.129 e. The summed E-state index contributed by atoms with van der Waals surface area (Å²) in [6.07, 6.45) is 3.45. The van der Waals surface area contributed by atoms with Gasteiger partial charge in [-0.15, -0.1) is 0 Å². The first-order chi connectivity index (χ1) is 6.25. The Labute approximate surface area is 77.6 Å². The number of unbranched alkanes of at least 4 members (excludes halogenated alkanes) is 2. The van der Waals surface area contributed by atoms with Gasteiger partial charge in [0.1, 0.15) is 11.6 Å². The summed E-state index contributed by atoms with van der Waals surface area (Å²) < 4.78 is 26.1. The van der Waals surface area contributed by atoms with Gasteiger partial charge in [-0.1, -0.05) is 25.8 Å². The van der Waals surface area contributed by atoms with Gasteiger partial charge in [0.2, 0.25) is 0 Å². The molecule has 0 unspecified atom stereocenters. The van der Waals surface area contributed by atoms with Crippen molar-refractivity contribution >= 4 is 0 Å². The van der Waals surface area contributed by atoms with Crippen LogP contribution in [0.2, 0.25) is 0 Å². The maximum atomic E-state index is 13.0. The van der Waals surface area contributed by atoms with E-state index in [1.165, 1.54) is 18.2 Å². The van der Waals surface area contributed by atoms with Gasteiger partial charge < -0.3 is 0 Å². The standard InChI is InChI=1S/C11H14F2/c1-2-3-4-6-9-10(12)7-5-8-11(9)13/h5,7-8H,2-4,6H2,1H3. The molecule has 0 saturated heterocycles. The van der Waals surface area contributed by atoms with Crippen LogP contribution in [0.3, 0.4) is 0 Å². The fourth-order valence-corrected chi connectivity index (χ4v) is 1.32. The van der Waals surface area contributed by atoms with Crippen molar-refractivity contribution in [2.24, 2.45) is 0 Å². The Morgan fingerprint density at radius 1 is 1.08 bits per heavy atom. The van der Waals surface area contributed by atoms with Crippen LogP contribution < -0.4 is 0 Å². The van der Waals surface area contributed by atoms with Gasteiger partial charge in [0.05, 0.1) is 0 Å². The predicted octanol–water partition coefficient (Wildman–Crippen LogP) is 3.70. The van der Waals surface area contributed by atoms with Crippen LogP contribution in [-0.4, -0.2) is 0 Å². The fourth-order valence-electron chi connectivity index (χ4n) is 1.32. The zero-order valence-electron chi connectivity index (χ0n) is 7.82. The zero-order chi connectivity index (χ0) is 9.68. The lowest BCUT2D eigenvalue weighted by Crippen LogP contribution is -1.95. The molecule has 0 radical (unpaired) electrons. The van der Waals surface area contributed by atoms with Gasteiger partial charge in [-0.3, -0.25) is 0 Å². The maximum Gasteiger partial charge on any atom is 0.129 e. The summed E-state index contributed by atoms with van der Waals surface area (Å²) in [5.41, 5.74) is 0.232. The SMILES string of the molecule is CCCCCc1c(F)cccc1F. The maximum absolute atomic E-state index is 13.0. The number of hydrogen-bond donors (Lipinski definition) is 0. The van der Waals surface area contributed by atoms with Crippen LogP contribution in [0, 0.1) is 11.6 Å². The second kappa shape index (κ2) is 4.95. The predicted molar refractivity (Wildman–Crippen MR) is 49.6 cm³/mol. The van der Waals surface area contributed by atoms with Crippen molar-refractivity contribution in [3.05, 3.63) is 35.4 Å². The molecule has 0 amide bonds. The second-order valence-corrected chi connectivity index (χ2v) is 3.16. The van der Waals surface area contributed by atoms with Gasteiger partial charge in [0.15, 0.2) is 0 Å². The van der Waals surface area contributed by atoms with Gasteiger partial charge in [0.25, 0.3) is 0 Å². The third-order valence-corrected chi connectivity index (χ3v) is 2.09. The minimum absolute atomic E-state index is 0.232. The lowest BCUT2D eigenvalue weighted by atomic mass is 10.1. The molecule has 1 aromatic rings. The van der Waals surface area contributed by atoms with E-state index in [0.717, 1.165) is 19.3 Å². The molecular weight excluding hydrogens is 170 g/mol. The lowest BCUT2D eigenvalue weighted by molar-refractivity contribution is 0.546. The first-order valence-electron chi connectivity index (χ1n) is 4.68. The van der Waals surface area contributed by atoms with Gasteiger partial charge >= 0.3 is 0 Å². The van der Waals surface area contributed by atoms with Crippen molar-refractivity contribution in [1.29, 1.82) is 0 Å². The average molecular weight is 184 g/mol. The molecule has 0 aliphatic heterocycles. The van der Waals surface area contributed by atoms with Crippen LogP contribution >= 0.6 is 0 Å². The summed E-state index contributed by atoms with van der Waals surface area (Å²) in [6, 6.07) is 4.02. The molecule has 0 spiro atoms. The molecule has 2 heteroatoms. The molecule has 0 fully saturated rings. The highest BCUT2D eigenvalue weighted by Gasteiger charge is 2.06. The summed E-state index contributed by atoms with van der Waals surface area (Å²) in [4.78, 5) is 0. The van der Waals surface area contributed by atoms with Gasteiger partial charge in [0, 0.05) is 5.56 Å². The zero-order valence-corrected chi connectivity index (χ0v) is 7.82. The van der Waals surface area contributed by atoms with Crippen molar-refractivity contribution < 1.29 is 8.78 Å². The summed E-state index contributed by atoms with van der Waals surface area (Å²) >= 11 is 0. The monoisotopic (exact) mass is 184 g/mol. The van der Waals surface area contributed by atoms with Crippen LogP contribution in [0.4, 0.5) is 8.78 Å². The lowest BCUT2D eigenvalue weighted by Gasteiger charge is -2.03. The van der Waals surface area contributed by atoms with Crippen molar-refractivity contribution in [3.63, 3.8) is 0 Å². The Bertz CT molecular complexity index is 249. The molecule has 0 nitrogen and oxygen atoms in total. The minimum atomic E-state index is -0.420. The van der Waals surface area contributed by atoms with Gasteiger partial charge in [-0.2, -0.15) is 0 Å². The minimum Gasteiger partial charge on any atom is -0.207 e. The van der Waals surface area contributed by atoms with Crippen LogP contribution in [0.25, 0.3) is 0 Å². The Hall–Kier alpha value is -0.920. The molecule has 0 aromatic heterocycles. The van der Waals surface area contributed by atoms with E-state index in [-0.39, 0.29) is 5.56 Å². The molecular formula is C11H14F2. The molecule has 0 atom stereocenters. The molecule has 72 valence electrons. The first kappa shape index (κ1) is 10.2. The van der Waals surface area contributed by atoms with Crippen molar-refractivity contribution in [2.75, 3.05) is 0 Å². The largest absolute Gasteiger partial charge is 0.207 e. The quantitative estimate of drug-likeness (QED) is 0.626.